The average molecular weight is 279 g/mol. The minimum atomic E-state index is -0.404. The molecular weight excluding hydrogens is 258 g/mol. The van der Waals surface area contributed by atoms with Gasteiger partial charge in [-0.2, -0.15) is 0 Å². The van der Waals surface area contributed by atoms with Gasteiger partial charge in [0.15, 0.2) is 0 Å². The molecule has 1 aromatic carbocycles. The Morgan fingerprint density at radius 1 is 1.25 bits per heavy atom. The monoisotopic (exact) mass is 279 g/mol. The first kappa shape index (κ1) is 16.0. The van der Waals surface area contributed by atoms with Gasteiger partial charge in [0.05, 0.1) is 18.9 Å². The number of benzene rings is 1. The van der Waals surface area contributed by atoms with Crippen LogP contribution in [0.5, 0.6) is 5.75 Å². The molecule has 2 unspecified atom stereocenters. The van der Waals surface area contributed by atoms with Crippen molar-refractivity contribution in [2.75, 3.05) is 11.9 Å². The van der Waals surface area contributed by atoms with E-state index in [0.29, 0.717) is 11.4 Å². The molecule has 0 bridgehead atoms. The quantitative estimate of drug-likeness (QED) is 0.688. The van der Waals surface area contributed by atoms with E-state index in [1.165, 1.54) is 0 Å². The third kappa shape index (κ3) is 5.27. The topological polar surface area (TPSA) is 107 Å². The SMILES string of the molecule is CC(N)C(C)C(=O)Nc1ccc(OCCC(N)=O)cc1. The fourth-order valence-corrected chi connectivity index (χ4v) is 1.40. The van der Waals surface area contributed by atoms with Crippen LogP contribution in [-0.2, 0) is 9.59 Å². The summed E-state index contributed by atoms with van der Waals surface area (Å²) in [5.74, 6) is -0.174. The molecule has 1 aromatic rings. The Hall–Kier alpha value is -2.08. The second kappa shape index (κ2) is 7.49. The number of anilines is 1. The standard InChI is InChI=1S/C14H21N3O3/c1-9(10(2)15)14(19)17-11-3-5-12(6-4-11)20-8-7-13(16)18/h3-6,9-10H,7-8,15H2,1-2H3,(H2,16,18)(H,17,19). The van der Waals surface area contributed by atoms with E-state index in [4.69, 9.17) is 16.2 Å². The van der Waals surface area contributed by atoms with Gasteiger partial charge in [-0.15, -0.1) is 0 Å². The lowest BCUT2D eigenvalue weighted by atomic mass is 10.0. The van der Waals surface area contributed by atoms with Crippen molar-refractivity contribution in [3.63, 3.8) is 0 Å². The summed E-state index contributed by atoms with van der Waals surface area (Å²) < 4.78 is 5.33. The number of hydrogen-bond donors (Lipinski definition) is 3. The molecule has 0 saturated carbocycles. The third-order valence-corrected chi connectivity index (χ3v) is 2.94. The normalized spacial score (nSPS) is 13.3. The van der Waals surface area contributed by atoms with Crippen LogP contribution >= 0.6 is 0 Å². The molecule has 0 aliphatic heterocycles. The molecule has 20 heavy (non-hydrogen) atoms. The van der Waals surface area contributed by atoms with Crippen LogP contribution in [0.1, 0.15) is 20.3 Å². The van der Waals surface area contributed by atoms with E-state index < -0.39 is 5.91 Å². The molecule has 2 atom stereocenters. The number of carbonyl (C=O) groups is 2. The van der Waals surface area contributed by atoms with E-state index in [1.54, 1.807) is 38.1 Å². The highest BCUT2D eigenvalue weighted by Crippen LogP contribution is 2.16. The summed E-state index contributed by atoms with van der Waals surface area (Å²) in [6.07, 6.45) is 0.171. The van der Waals surface area contributed by atoms with E-state index in [-0.39, 0.29) is 30.9 Å². The average Bonchev–Trinajstić information content (AvgIpc) is 2.39. The Morgan fingerprint density at radius 3 is 2.35 bits per heavy atom. The summed E-state index contributed by atoms with van der Waals surface area (Å²) in [4.78, 5) is 22.4. The highest BCUT2D eigenvalue weighted by molar-refractivity contribution is 5.92. The largest absolute Gasteiger partial charge is 0.493 e. The maximum absolute atomic E-state index is 11.8. The smallest absolute Gasteiger partial charge is 0.228 e. The minimum Gasteiger partial charge on any atom is -0.493 e. The predicted octanol–water partition coefficient (Wildman–Crippen LogP) is 0.863. The number of carbonyl (C=O) groups excluding carboxylic acids is 2. The second-order valence-corrected chi connectivity index (χ2v) is 4.73. The molecule has 0 heterocycles. The lowest BCUT2D eigenvalue weighted by molar-refractivity contribution is -0.120. The number of rotatable bonds is 7. The summed E-state index contributed by atoms with van der Waals surface area (Å²) in [6, 6.07) is 6.68. The van der Waals surface area contributed by atoms with Crippen molar-refractivity contribution >= 4 is 17.5 Å². The molecule has 0 aliphatic rings. The number of ether oxygens (including phenoxy) is 1. The van der Waals surface area contributed by atoms with Gasteiger partial charge >= 0.3 is 0 Å². The molecule has 1 rings (SSSR count). The molecule has 0 aliphatic carbocycles. The van der Waals surface area contributed by atoms with Crippen LogP contribution in [0.3, 0.4) is 0 Å². The Morgan fingerprint density at radius 2 is 1.85 bits per heavy atom. The fraction of sp³-hybridized carbons (Fsp3) is 0.429. The molecule has 0 saturated heterocycles. The molecule has 0 radical (unpaired) electrons. The van der Waals surface area contributed by atoms with Gasteiger partial charge < -0.3 is 21.5 Å². The Kier molecular flexibility index (Phi) is 5.99. The molecule has 6 heteroatoms. The first-order valence-electron chi connectivity index (χ1n) is 6.47. The van der Waals surface area contributed by atoms with Crippen LogP contribution in [0.25, 0.3) is 0 Å². The van der Waals surface area contributed by atoms with Gasteiger partial charge in [-0.3, -0.25) is 9.59 Å². The Balaban J connectivity index is 2.50. The Labute approximate surface area is 118 Å². The van der Waals surface area contributed by atoms with E-state index >= 15 is 0 Å². The second-order valence-electron chi connectivity index (χ2n) is 4.73. The Bertz CT molecular complexity index is 457. The van der Waals surface area contributed by atoms with Crippen LogP contribution < -0.4 is 21.5 Å². The van der Waals surface area contributed by atoms with Gasteiger partial charge in [-0.25, -0.2) is 0 Å². The zero-order valence-electron chi connectivity index (χ0n) is 11.8. The van der Waals surface area contributed by atoms with E-state index in [2.05, 4.69) is 5.32 Å². The first-order chi connectivity index (χ1) is 9.40. The van der Waals surface area contributed by atoms with Crippen LogP contribution in [0.4, 0.5) is 5.69 Å². The molecule has 5 N–H and O–H groups in total. The fourth-order valence-electron chi connectivity index (χ4n) is 1.40. The highest BCUT2D eigenvalue weighted by Gasteiger charge is 2.16. The molecular formula is C14H21N3O3. The molecule has 0 spiro atoms. The maximum atomic E-state index is 11.8. The molecule has 0 aromatic heterocycles. The van der Waals surface area contributed by atoms with Gasteiger partial charge in [0.25, 0.3) is 0 Å². The first-order valence-corrected chi connectivity index (χ1v) is 6.47. The number of amides is 2. The van der Waals surface area contributed by atoms with E-state index in [9.17, 15) is 9.59 Å². The van der Waals surface area contributed by atoms with Gasteiger partial charge in [0.1, 0.15) is 5.75 Å². The van der Waals surface area contributed by atoms with Gasteiger partial charge in [-0.1, -0.05) is 6.92 Å². The number of nitrogens with two attached hydrogens (primary N) is 2. The minimum absolute atomic E-state index is 0.123. The van der Waals surface area contributed by atoms with E-state index in [1.807, 2.05) is 0 Å². The van der Waals surface area contributed by atoms with Gasteiger partial charge in [0, 0.05) is 11.7 Å². The van der Waals surface area contributed by atoms with Crippen molar-refractivity contribution in [3.05, 3.63) is 24.3 Å². The van der Waals surface area contributed by atoms with Crippen molar-refractivity contribution in [1.29, 1.82) is 0 Å². The van der Waals surface area contributed by atoms with Gasteiger partial charge in [0.2, 0.25) is 11.8 Å². The number of hydrogen-bond acceptors (Lipinski definition) is 4. The van der Waals surface area contributed by atoms with Crippen LogP contribution in [0.2, 0.25) is 0 Å². The molecule has 6 nitrogen and oxygen atoms in total. The lowest BCUT2D eigenvalue weighted by Crippen LogP contribution is -2.34. The van der Waals surface area contributed by atoms with Crippen molar-refractivity contribution < 1.29 is 14.3 Å². The zero-order chi connectivity index (χ0) is 15.1. The number of primary amides is 1. The lowest BCUT2D eigenvalue weighted by Gasteiger charge is -2.15. The summed E-state index contributed by atoms with van der Waals surface area (Å²) in [7, 11) is 0. The maximum Gasteiger partial charge on any atom is 0.228 e. The summed E-state index contributed by atoms with van der Waals surface area (Å²) in [6.45, 7) is 3.81. The van der Waals surface area contributed by atoms with Crippen molar-refractivity contribution in [2.45, 2.75) is 26.3 Å². The summed E-state index contributed by atoms with van der Waals surface area (Å²) >= 11 is 0. The number of nitrogens with one attached hydrogen (secondary N) is 1. The third-order valence-electron chi connectivity index (χ3n) is 2.94. The molecule has 2 amide bonds. The van der Waals surface area contributed by atoms with Crippen molar-refractivity contribution in [2.24, 2.45) is 17.4 Å². The van der Waals surface area contributed by atoms with E-state index in [0.717, 1.165) is 0 Å². The summed E-state index contributed by atoms with van der Waals surface area (Å²) in [5.41, 5.74) is 11.4. The van der Waals surface area contributed by atoms with Crippen molar-refractivity contribution in [1.82, 2.24) is 0 Å². The molecule has 0 fully saturated rings. The molecule has 110 valence electrons. The zero-order valence-corrected chi connectivity index (χ0v) is 11.8. The van der Waals surface area contributed by atoms with Crippen LogP contribution in [0, 0.1) is 5.92 Å². The van der Waals surface area contributed by atoms with Crippen LogP contribution in [0.15, 0.2) is 24.3 Å². The van der Waals surface area contributed by atoms with Crippen LogP contribution in [-0.4, -0.2) is 24.5 Å². The highest BCUT2D eigenvalue weighted by atomic mass is 16.5. The van der Waals surface area contributed by atoms with Gasteiger partial charge in [-0.05, 0) is 31.2 Å². The van der Waals surface area contributed by atoms with Crippen molar-refractivity contribution in [3.8, 4) is 5.75 Å². The summed E-state index contributed by atoms with van der Waals surface area (Å²) in [5, 5.41) is 2.78. The predicted molar refractivity (Wildman–Crippen MR) is 77.2 cm³/mol.